The highest BCUT2D eigenvalue weighted by molar-refractivity contribution is 7.19. The molecule has 120 valence electrons. The van der Waals surface area contributed by atoms with Gasteiger partial charge in [-0.1, -0.05) is 24.3 Å². The molecule has 0 spiro atoms. The van der Waals surface area contributed by atoms with Crippen LogP contribution in [-0.4, -0.2) is 22.5 Å². The van der Waals surface area contributed by atoms with Gasteiger partial charge < -0.3 is 10.0 Å². The molecule has 1 aliphatic heterocycles. The van der Waals surface area contributed by atoms with E-state index in [0.717, 1.165) is 27.0 Å². The normalized spacial score (nSPS) is 14.9. The Labute approximate surface area is 144 Å². The van der Waals surface area contributed by atoms with E-state index in [9.17, 15) is 5.11 Å². The average molecular weight is 335 g/mol. The van der Waals surface area contributed by atoms with Crippen LogP contribution in [-0.2, 0) is 0 Å². The number of aryl methyl sites for hydroxylation is 2. The number of para-hydroxylation sites is 1. The lowest BCUT2D eigenvalue weighted by Crippen LogP contribution is -2.26. The summed E-state index contributed by atoms with van der Waals surface area (Å²) in [7, 11) is 0. The molecule has 0 bridgehead atoms. The summed E-state index contributed by atoms with van der Waals surface area (Å²) in [6.07, 6.45) is 0. The van der Waals surface area contributed by atoms with E-state index in [1.807, 2.05) is 49.1 Å². The molecular weight excluding hydrogens is 318 g/mol. The van der Waals surface area contributed by atoms with Crippen molar-refractivity contribution in [1.82, 2.24) is 4.98 Å². The topological polar surface area (TPSA) is 60.2 Å². The van der Waals surface area contributed by atoms with Crippen molar-refractivity contribution in [1.29, 1.82) is 5.41 Å². The van der Waals surface area contributed by atoms with Crippen LogP contribution in [0.25, 0.3) is 15.8 Å². The largest absolute Gasteiger partial charge is 0.510 e. The van der Waals surface area contributed by atoms with E-state index in [-0.39, 0.29) is 5.76 Å². The van der Waals surface area contributed by atoms with Crippen molar-refractivity contribution in [3.05, 3.63) is 64.4 Å². The monoisotopic (exact) mass is 335 g/mol. The Hall–Kier alpha value is -2.66. The summed E-state index contributed by atoms with van der Waals surface area (Å²) in [5.74, 6) is 0.514. The Bertz CT molecular complexity index is 970. The lowest BCUT2D eigenvalue weighted by molar-refractivity contribution is 0.411. The summed E-state index contributed by atoms with van der Waals surface area (Å²) in [6, 6.07) is 14.0. The van der Waals surface area contributed by atoms with E-state index in [1.54, 1.807) is 0 Å². The predicted octanol–water partition coefficient (Wildman–Crippen LogP) is 4.68. The number of fused-ring (bicyclic) bond motifs is 1. The van der Waals surface area contributed by atoms with Gasteiger partial charge in [-0.2, -0.15) is 0 Å². The van der Waals surface area contributed by atoms with Gasteiger partial charge in [0.2, 0.25) is 0 Å². The van der Waals surface area contributed by atoms with Crippen LogP contribution in [0.1, 0.15) is 16.1 Å². The zero-order valence-electron chi connectivity index (χ0n) is 13.5. The average Bonchev–Trinajstić information content (AvgIpc) is 3.10. The first-order valence-electron chi connectivity index (χ1n) is 7.76. The van der Waals surface area contributed by atoms with Gasteiger partial charge in [0.05, 0.1) is 22.3 Å². The van der Waals surface area contributed by atoms with Crippen molar-refractivity contribution in [3.63, 3.8) is 0 Å². The van der Waals surface area contributed by atoms with Gasteiger partial charge >= 0.3 is 0 Å². The smallest absolute Gasteiger partial charge is 0.139 e. The molecular formula is C19H17N3OS. The SMILES string of the molecule is Cc1ccc(C)c(N2CC(O)=C(c3nc4ccccc4s3)C2=N)c1. The first kappa shape index (κ1) is 14.9. The number of nitrogens with one attached hydrogen (secondary N) is 1. The molecule has 2 heterocycles. The van der Waals surface area contributed by atoms with E-state index < -0.39 is 0 Å². The van der Waals surface area contributed by atoms with E-state index in [1.165, 1.54) is 11.3 Å². The molecule has 0 atom stereocenters. The fourth-order valence-corrected chi connectivity index (χ4v) is 4.03. The van der Waals surface area contributed by atoms with Crippen LogP contribution in [0.4, 0.5) is 5.69 Å². The molecule has 1 aromatic heterocycles. The van der Waals surface area contributed by atoms with Crippen LogP contribution < -0.4 is 4.90 Å². The summed E-state index contributed by atoms with van der Waals surface area (Å²) in [6.45, 7) is 4.37. The number of anilines is 1. The molecule has 24 heavy (non-hydrogen) atoms. The number of aliphatic hydroxyl groups excluding tert-OH is 1. The molecule has 0 saturated heterocycles. The first-order valence-corrected chi connectivity index (χ1v) is 8.58. The second-order valence-electron chi connectivity index (χ2n) is 6.03. The molecule has 3 aromatic rings. The second-order valence-corrected chi connectivity index (χ2v) is 7.06. The van der Waals surface area contributed by atoms with Gasteiger partial charge in [-0.3, -0.25) is 5.41 Å². The van der Waals surface area contributed by atoms with E-state index in [4.69, 9.17) is 5.41 Å². The van der Waals surface area contributed by atoms with Crippen LogP contribution >= 0.6 is 11.3 Å². The number of hydrogen-bond donors (Lipinski definition) is 2. The maximum atomic E-state index is 10.5. The molecule has 0 saturated carbocycles. The number of benzene rings is 2. The van der Waals surface area contributed by atoms with E-state index in [0.29, 0.717) is 23.0 Å². The first-order chi connectivity index (χ1) is 11.5. The minimum Gasteiger partial charge on any atom is -0.510 e. The lowest BCUT2D eigenvalue weighted by atomic mass is 10.1. The van der Waals surface area contributed by atoms with Crippen molar-refractivity contribution >= 4 is 38.6 Å². The number of rotatable bonds is 2. The maximum absolute atomic E-state index is 10.5. The van der Waals surface area contributed by atoms with Crippen molar-refractivity contribution in [3.8, 4) is 0 Å². The van der Waals surface area contributed by atoms with Gasteiger partial charge in [0.1, 0.15) is 16.6 Å². The third-order valence-electron chi connectivity index (χ3n) is 4.27. The maximum Gasteiger partial charge on any atom is 0.139 e. The van der Waals surface area contributed by atoms with Gasteiger partial charge in [0, 0.05) is 5.69 Å². The highest BCUT2D eigenvalue weighted by atomic mass is 32.1. The lowest BCUT2D eigenvalue weighted by Gasteiger charge is -2.21. The molecule has 0 aliphatic carbocycles. The molecule has 4 rings (SSSR count). The Balaban J connectivity index is 1.76. The summed E-state index contributed by atoms with van der Waals surface area (Å²) in [5, 5.41) is 19.8. The molecule has 0 amide bonds. The second kappa shape index (κ2) is 5.46. The molecule has 5 heteroatoms. The van der Waals surface area contributed by atoms with Crippen LogP contribution in [0.3, 0.4) is 0 Å². The Morgan fingerprint density at radius 2 is 1.96 bits per heavy atom. The van der Waals surface area contributed by atoms with Crippen LogP contribution in [0, 0.1) is 19.3 Å². The zero-order chi connectivity index (χ0) is 16.8. The molecule has 1 aliphatic rings. The third-order valence-corrected chi connectivity index (χ3v) is 5.32. The molecule has 2 N–H and O–H groups in total. The zero-order valence-corrected chi connectivity index (χ0v) is 14.3. The third kappa shape index (κ3) is 2.29. The summed E-state index contributed by atoms with van der Waals surface area (Å²) in [5.41, 5.74) is 4.62. The minimum atomic E-state index is 0.208. The summed E-state index contributed by atoms with van der Waals surface area (Å²) in [4.78, 5) is 6.44. The number of amidine groups is 1. The standard InChI is InChI=1S/C19H17N3OS/c1-11-7-8-12(2)14(9-11)22-10-15(23)17(18(22)20)19-21-13-5-3-4-6-16(13)24-19/h3-9,20,23H,10H2,1-2H3. The van der Waals surface area contributed by atoms with Crippen molar-refractivity contribution in [2.24, 2.45) is 0 Å². The molecule has 4 nitrogen and oxygen atoms in total. The molecule has 0 radical (unpaired) electrons. The van der Waals surface area contributed by atoms with Crippen LogP contribution in [0.2, 0.25) is 0 Å². The number of hydrogen-bond acceptors (Lipinski definition) is 4. The van der Waals surface area contributed by atoms with Gasteiger partial charge in [-0.15, -0.1) is 11.3 Å². The summed E-state index contributed by atoms with van der Waals surface area (Å²) >= 11 is 1.51. The van der Waals surface area contributed by atoms with Crippen molar-refractivity contribution < 1.29 is 5.11 Å². The van der Waals surface area contributed by atoms with Gasteiger partial charge in [-0.25, -0.2) is 4.98 Å². The van der Waals surface area contributed by atoms with Crippen LogP contribution in [0.5, 0.6) is 0 Å². The van der Waals surface area contributed by atoms with E-state index >= 15 is 0 Å². The molecule has 2 aromatic carbocycles. The van der Waals surface area contributed by atoms with E-state index in [2.05, 4.69) is 17.1 Å². The van der Waals surface area contributed by atoms with Gasteiger partial charge in [0.15, 0.2) is 0 Å². The molecule has 0 unspecified atom stereocenters. The Morgan fingerprint density at radius 1 is 1.17 bits per heavy atom. The summed E-state index contributed by atoms with van der Waals surface area (Å²) < 4.78 is 1.06. The quantitative estimate of drug-likeness (QED) is 0.715. The highest BCUT2D eigenvalue weighted by Gasteiger charge is 2.32. The number of aromatic nitrogens is 1. The minimum absolute atomic E-state index is 0.208. The number of thiazole rings is 1. The highest BCUT2D eigenvalue weighted by Crippen LogP contribution is 2.36. The Kier molecular flexibility index (Phi) is 3.39. The molecule has 0 fully saturated rings. The Morgan fingerprint density at radius 3 is 2.75 bits per heavy atom. The van der Waals surface area contributed by atoms with Crippen LogP contribution in [0.15, 0.2) is 48.2 Å². The fourth-order valence-electron chi connectivity index (χ4n) is 3.00. The predicted molar refractivity (Wildman–Crippen MR) is 100 cm³/mol. The van der Waals surface area contributed by atoms with Gasteiger partial charge in [0.25, 0.3) is 0 Å². The van der Waals surface area contributed by atoms with Crippen molar-refractivity contribution in [2.75, 3.05) is 11.4 Å². The van der Waals surface area contributed by atoms with Gasteiger partial charge in [-0.05, 0) is 43.2 Å². The fraction of sp³-hybridized carbons (Fsp3) is 0.158. The number of nitrogens with zero attached hydrogens (tertiary/aromatic N) is 2. The number of aliphatic hydroxyl groups is 1. The van der Waals surface area contributed by atoms with Crippen molar-refractivity contribution in [2.45, 2.75) is 13.8 Å².